The van der Waals surface area contributed by atoms with Gasteiger partial charge in [0.15, 0.2) is 11.5 Å². The van der Waals surface area contributed by atoms with Crippen molar-refractivity contribution in [2.24, 2.45) is 11.8 Å². The number of fused-ring (bicyclic) bond motifs is 2. The van der Waals surface area contributed by atoms with E-state index >= 15 is 0 Å². The monoisotopic (exact) mass is 946 g/mol. The molecular formula is C56H66O13. The summed E-state index contributed by atoms with van der Waals surface area (Å²) in [4.78, 5) is 10.2. The summed E-state index contributed by atoms with van der Waals surface area (Å²) in [6, 6.07) is 41.3. The Balaban J connectivity index is 0.706. The van der Waals surface area contributed by atoms with Crippen LogP contribution >= 0.6 is 0 Å². The fourth-order valence-corrected chi connectivity index (χ4v) is 10.1. The van der Waals surface area contributed by atoms with Gasteiger partial charge in [0.05, 0.1) is 6.61 Å². The first-order chi connectivity index (χ1) is 34.1. The predicted molar refractivity (Wildman–Crippen MR) is 259 cm³/mol. The van der Waals surface area contributed by atoms with E-state index in [0.717, 1.165) is 78.2 Å². The van der Waals surface area contributed by atoms with Crippen LogP contribution in [0.3, 0.4) is 0 Å². The van der Waals surface area contributed by atoms with Crippen molar-refractivity contribution in [3.05, 3.63) is 138 Å². The smallest absolute Gasteiger partial charge is 0.169 e. The standard InChI is InChI=1S/C56H66O13/c1-3-4-7-12-42-20-25-45(26-21-42)46-28-33-50(34-29-46)57-38-9-6-5-8-13-43-22-27-48-14-10-16-53(55(48)39-43)54-17-11-15-49-32-37-52(40-56(49)54)59-61-63-65-67-69-68-66-64-62-60-58-51-35-30-47(31-36-51)44-23-18-41(2)19-24-44/h10-11,14-17,22,27-37,39-42,44-45H,3-9,12-13,18-21,23-26,38H2,1-2H3. The summed E-state index contributed by atoms with van der Waals surface area (Å²) in [6.45, 7) is 5.34. The van der Waals surface area contributed by atoms with Crippen molar-refractivity contribution in [1.29, 1.82) is 0 Å². The summed E-state index contributed by atoms with van der Waals surface area (Å²) in [7, 11) is 0. The fourth-order valence-electron chi connectivity index (χ4n) is 10.1. The number of rotatable bonds is 28. The Morgan fingerprint density at radius 1 is 0.435 bits per heavy atom. The Morgan fingerprint density at radius 2 is 0.957 bits per heavy atom. The minimum atomic E-state index is 0.339. The van der Waals surface area contributed by atoms with Gasteiger partial charge < -0.3 is 14.5 Å². The molecule has 368 valence electrons. The first-order valence-electron chi connectivity index (χ1n) is 25.0. The molecule has 0 aromatic heterocycles. The first kappa shape index (κ1) is 50.2. The minimum absolute atomic E-state index is 0.339. The molecule has 0 spiro atoms. The topological polar surface area (TPSA) is 120 Å². The van der Waals surface area contributed by atoms with Gasteiger partial charge in [-0.05, 0) is 167 Å². The lowest BCUT2D eigenvalue weighted by Crippen LogP contribution is -2.13. The third-order valence-corrected chi connectivity index (χ3v) is 14.0. The molecule has 0 bridgehead atoms. The molecule has 6 aromatic rings. The lowest BCUT2D eigenvalue weighted by molar-refractivity contribution is -0.858. The molecule has 2 aliphatic carbocycles. The van der Waals surface area contributed by atoms with Crippen molar-refractivity contribution in [2.75, 3.05) is 6.61 Å². The third kappa shape index (κ3) is 15.4. The lowest BCUT2D eigenvalue weighted by Gasteiger charge is -2.29. The molecule has 13 heteroatoms. The molecule has 2 fully saturated rings. The van der Waals surface area contributed by atoms with Gasteiger partial charge in [0.1, 0.15) is 5.75 Å². The molecule has 8 rings (SSSR count). The van der Waals surface area contributed by atoms with Gasteiger partial charge in [-0.15, -0.1) is 0 Å². The third-order valence-electron chi connectivity index (χ3n) is 14.0. The van der Waals surface area contributed by atoms with Crippen LogP contribution in [0.15, 0.2) is 121 Å². The average molecular weight is 947 g/mol. The van der Waals surface area contributed by atoms with Crippen LogP contribution in [0, 0.1) is 11.8 Å². The highest BCUT2D eigenvalue weighted by Crippen LogP contribution is 2.40. The Bertz CT molecular complexity index is 2410. The highest BCUT2D eigenvalue weighted by Gasteiger charge is 2.23. The zero-order valence-corrected chi connectivity index (χ0v) is 39.9. The molecule has 0 unspecified atom stereocenters. The number of benzene rings is 6. The van der Waals surface area contributed by atoms with Gasteiger partial charge in [0.25, 0.3) is 0 Å². The van der Waals surface area contributed by atoms with E-state index in [2.05, 4.69) is 131 Å². The second-order valence-electron chi connectivity index (χ2n) is 18.7. The van der Waals surface area contributed by atoms with E-state index in [-0.39, 0.29) is 0 Å². The van der Waals surface area contributed by atoms with Crippen LogP contribution in [-0.2, 0) is 56.8 Å². The maximum absolute atomic E-state index is 6.14. The second-order valence-corrected chi connectivity index (χ2v) is 18.7. The molecule has 0 aliphatic heterocycles. The van der Waals surface area contributed by atoms with Gasteiger partial charge in [-0.25, -0.2) is 0 Å². The number of hydrogen-bond donors (Lipinski definition) is 0. The van der Waals surface area contributed by atoms with Crippen molar-refractivity contribution < 1.29 is 64.9 Å². The van der Waals surface area contributed by atoms with E-state index in [9.17, 15) is 0 Å². The van der Waals surface area contributed by atoms with Crippen LogP contribution in [0.5, 0.6) is 17.2 Å². The summed E-state index contributed by atoms with van der Waals surface area (Å²) in [5, 5.41) is 46.6. The first-order valence-corrected chi connectivity index (χ1v) is 25.0. The Kier molecular flexibility index (Phi) is 19.9. The average Bonchev–Trinajstić information content (AvgIpc) is 3.39. The molecule has 0 saturated heterocycles. The van der Waals surface area contributed by atoms with Gasteiger partial charge in [0.2, 0.25) is 0 Å². The Hall–Kier alpha value is -5.16. The molecule has 0 N–H and O–H groups in total. The predicted octanol–water partition coefficient (Wildman–Crippen LogP) is 15.7. The van der Waals surface area contributed by atoms with Crippen LogP contribution in [0.1, 0.15) is 145 Å². The number of hydrogen-bond acceptors (Lipinski definition) is 13. The Morgan fingerprint density at radius 3 is 1.58 bits per heavy atom. The quantitative estimate of drug-likeness (QED) is 0.0264. The number of ether oxygens (including phenoxy) is 1. The maximum Gasteiger partial charge on any atom is 0.169 e. The van der Waals surface area contributed by atoms with Crippen molar-refractivity contribution in [3.8, 4) is 28.4 Å². The zero-order chi connectivity index (χ0) is 47.3. The van der Waals surface area contributed by atoms with Crippen LogP contribution < -0.4 is 14.5 Å². The van der Waals surface area contributed by atoms with E-state index in [1.165, 1.54) is 105 Å². The van der Waals surface area contributed by atoms with Crippen LogP contribution in [0.4, 0.5) is 0 Å². The fraction of sp³-hybridized carbons (Fsp3) is 0.429. The Labute approximate surface area is 404 Å². The molecular weight excluding hydrogens is 881 g/mol. The van der Waals surface area contributed by atoms with Gasteiger partial charge in [-0.2, -0.15) is 0 Å². The van der Waals surface area contributed by atoms with Crippen LogP contribution in [0.25, 0.3) is 32.7 Å². The summed E-state index contributed by atoms with van der Waals surface area (Å²) in [5.41, 5.74) is 6.22. The van der Waals surface area contributed by atoms with Crippen molar-refractivity contribution in [2.45, 2.75) is 135 Å². The molecule has 2 aliphatic rings. The van der Waals surface area contributed by atoms with Crippen molar-refractivity contribution >= 4 is 21.5 Å². The SMILES string of the molecule is CCCCCC1CCC(c2ccc(OCCCCCCc3ccc4cccc(-c5cccc6ccc(OOOOOOOOOOOOc7ccc(C8CCC(C)CC8)cc7)cc56)c4c3)cc2)CC1. The van der Waals surface area contributed by atoms with Gasteiger partial charge in [0, 0.05) is 50.4 Å². The summed E-state index contributed by atoms with van der Waals surface area (Å²) in [5.74, 6) is 4.72. The van der Waals surface area contributed by atoms with E-state index in [1.807, 2.05) is 36.4 Å². The van der Waals surface area contributed by atoms with Gasteiger partial charge >= 0.3 is 0 Å². The lowest BCUT2D eigenvalue weighted by atomic mass is 9.77. The molecule has 0 amide bonds. The van der Waals surface area contributed by atoms with Gasteiger partial charge in [-0.1, -0.05) is 150 Å². The van der Waals surface area contributed by atoms with E-state index < -0.39 is 0 Å². The van der Waals surface area contributed by atoms with Gasteiger partial charge in [-0.3, -0.25) is 0 Å². The zero-order valence-electron chi connectivity index (χ0n) is 39.9. The number of unbranched alkanes of at least 4 members (excludes halogenated alkanes) is 5. The molecule has 13 nitrogen and oxygen atoms in total. The molecule has 2 saturated carbocycles. The van der Waals surface area contributed by atoms with Crippen molar-refractivity contribution in [1.82, 2.24) is 0 Å². The minimum Gasteiger partial charge on any atom is -0.494 e. The summed E-state index contributed by atoms with van der Waals surface area (Å²) >= 11 is 0. The normalized spacial score (nSPS) is 18.4. The van der Waals surface area contributed by atoms with E-state index in [1.54, 1.807) is 18.2 Å². The largest absolute Gasteiger partial charge is 0.494 e. The summed E-state index contributed by atoms with van der Waals surface area (Å²) < 4.78 is 6.14. The maximum atomic E-state index is 6.14. The molecule has 6 aromatic carbocycles. The van der Waals surface area contributed by atoms with Crippen LogP contribution in [-0.4, -0.2) is 6.61 Å². The molecule has 0 radical (unpaired) electrons. The summed E-state index contributed by atoms with van der Waals surface area (Å²) in [6.07, 6.45) is 21.3. The highest BCUT2D eigenvalue weighted by molar-refractivity contribution is 6.05. The molecule has 0 heterocycles. The molecule has 0 atom stereocenters. The van der Waals surface area contributed by atoms with E-state index in [0.29, 0.717) is 23.3 Å². The van der Waals surface area contributed by atoms with E-state index in [4.69, 9.17) is 14.5 Å². The van der Waals surface area contributed by atoms with Crippen LogP contribution in [0.2, 0.25) is 0 Å². The number of aryl methyl sites for hydroxylation is 1. The molecule has 69 heavy (non-hydrogen) atoms. The second kappa shape index (κ2) is 27.3. The highest BCUT2D eigenvalue weighted by atomic mass is 18.0. The van der Waals surface area contributed by atoms with Crippen molar-refractivity contribution in [3.63, 3.8) is 0 Å².